The Balaban J connectivity index is 1.69. The summed E-state index contributed by atoms with van der Waals surface area (Å²) in [6.07, 6.45) is 5.37. The minimum absolute atomic E-state index is 0.225. The van der Waals surface area contributed by atoms with E-state index in [1.165, 1.54) is 16.8 Å². The van der Waals surface area contributed by atoms with E-state index in [2.05, 4.69) is 76.1 Å². The van der Waals surface area contributed by atoms with E-state index in [1.807, 2.05) is 6.33 Å². The van der Waals surface area contributed by atoms with Gasteiger partial charge < -0.3 is 10.3 Å². The maximum absolute atomic E-state index is 5.66. The van der Waals surface area contributed by atoms with Gasteiger partial charge in [-0.15, -0.1) is 0 Å². The van der Waals surface area contributed by atoms with Crippen LogP contribution in [0.5, 0.6) is 0 Å². The fourth-order valence-corrected chi connectivity index (χ4v) is 4.11. The molecule has 5 nitrogen and oxygen atoms in total. The van der Waals surface area contributed by atoms with Gasteiger partial charge in [0.25, 0.3) is 0 Å². The van der Waals surface area contributed by atoms with E-state index in [0.717, 1.165) is 44.6 Å². The molecule has 0 saturated carbocycles. The van der Waals surface area contributed by atoms with E-state index in [-0.39, 0.29) is 6.04 Å². The number of hydrogen-bond acceptors (Lipinski definition) is 4. The number of aromatic nitrogens is 2. The molecule has 5 heteroatoms. The monoisotopic (exact) mass is 375 g/mol. The predicted molar refractivity (Wildman–Crippen MR) is 114 cm³/mol. The van der Waals surface area contributed by atoms with Gasteiger partial charge in [0.1, 0.15) is 0 Å². The number of hydrazine groups is 1. The minimum atomic E-state index is 0.225. The maximum atomic E-state index is 5.66. The Bertz CT molecular complexity index is 859. The van der Waals surface area contributed by atoms with Gasteiger partial charge in [-0.1, -0.05) is 67.1 Å². The van der Waals surface area contributed by atoms with Gasteiger partial charge in [0.05, 0.1) is 23.8 Å². The van der Waals surface area contributed by atoms with Crippen molar-refractivity contribution in [1.29, 1.82) is 0 Å². The van der Waals surface area contributed by atoms with E-state index >= 15 is 0 Å². The number of nitrogens with two attached hydrogens (primary N) is 1. The highest BCUT2D eigenvalue weighted by Gasteiger charge is 2.34. The lowest BCUT2D eigenvalue weighted by Gasteiger charge is -2.22. The average Bonchev–Trinajstić information content (AvgIpc) is 3.39. The van der Waals surface area contributed by atoms with Crippen molar-refractivity contribution in [3.63, 3.8) is 0 Å². The van der Waals surface area contributed by atoms with Gasteiger partial charge in [-0.2, -0.15) is 0 Å². The number of benzene rings is 2. The van der Waals surface area contributed by atoms with Gasteiger partial charge in [-0.3, -0.25) is 5.43 Å². The van der Waals surface area contributed by atoms with Crippen molar-refractivity contribution in [3.8, 4) is 11.3 Å². The SMILES string of the molecule is NCCCCCn1cnc(-c2ccccc2)c1C1CNNC1c1ccccc1. The van der Waals surface area contributed by atoms with Crippen LogP contribution >= 0.6 is 0 Å². The molecule has 2 unspecified atom stereocenters. The molecule has 1 saturated heterocycles. The molecule has 0 spiro atoms. The van der Waals surface area contributed by atoms with E-state index in [0.29, 0.717) is 5.92 Å². The zero-order valence-corrected chi connectivity index (χ0v) is 16.2. The molecular weight excluding hydrogens is 346 g/mol. The first-order valence-corrected chi connectivity index (χ1v) is 10.2. The van der Waals surface area contributed by atoms with Crippen molar-refractivity contribution in [1.82, 2.24) is 20.4 Å². The molecule has 1 aromatic heterocycles. The van der Waals surface area contributed by atoms with E-state index in [9.17, 15) is 0 Å². The molecule has 1 aliphatic rings. The molecule has 2 atom stereocenters. The van der Waals surface area contributed by atoms with E-state index < -0.39 is 0 Å². The molecule has 2 heterocycles. The topological polar surface area (TPSA) is 67.9 Å². The lowest BCUT2D eigenvalue weighted by molar-refractivity contribution is 0.515. The highest BCUT2D eigenvalue weighted by molar-refractivity contribution is 5.63. The Kier molecular flexibility index (Phi) is 6.17. The van der Waals surface area contributed by atoms with Crippen LogP contribution in [0.25, 0.3) is 11.3 Å². The van der Waals surface area contributed by atoms with E-state index in [4.69, 9.17) is 10.7 Å². The molecule has 146 valence electrons. The summed E-state index contributed by atoms with van der Waals surface area (Å²) in [6, 6.07) is 21.4. The van der Waals surface area contributed by atoms with Crippen LogP contribution in [0.4, 0.5) is 0 Å². The Labute approximate surface area is 167 Å². The molecule has 0 amide bonds. The summed E-state index contributed by atoms with van der Waals surface area (Å²) < 4.78 is 2.36. The minimum Gasteiger partial charge on any atom is -0.334 e. The second-order valence-corrected chi connectivity index (χ2v) is 7.41. The third-order valence-electron chi connectivity index (χ3n) is 5.52. The smallest absolute Gasteiger partial charge is 0.0956 e. The lowest BCUT2D eigenvalue weighted by Crippen LogP contribution is -2.25. The zero-order valence-electron chi connectivity index (χ0n) is 16.2. The van der Waals surface area contributed by atoms with E-state index in [1.54, 1.807) is 0 Å². The first kappa shape index (κ1) is 18.9. The van der Waals surface area contributed by atoms with Crippen LogP contribution < -0.4 is 16.6 Å². The number of imidazole rings is 1. The van der Waals surface area contributed by atoms with Crippen LogP contribution in [0.3, 0.4) is 0 Å². The number of rotatable bonds is 8. The molecule has 4 N–H and O–H groups in total. The van der Waals surface area contributed by atoms with Crippen molar-refractivity contribution in [3.05, 3.63) is 78.2 Å². The number of aryl methyl sites for hydroxylation is 1. The van der Waals surface area contributed by atoms with Crippen molar-refractivity contribution in [2.24, 2.45) is 5.73 Å². The Hall–Kier alpha value is -2.47. The van der Waals surface area contributed by atoms with Crippen molar-refractivity contribution in [2.45, 2.75) is 37.8 Å². The maximum Gasteiger partial charge on any atom is 0.0956 e. The van der Waals surface area contributed by atoms with Gasteiger partial charge in [0.15, 0.2) is 0 Å². The summed E-state index contributed by atoms with van der Waals surface area (Å²) in [5, 5.41) is 0. The summed E-state index contributed by atoms with van der Waals surface area (Å²) in [6.45, 7) is 2.62. The molecule has 1 aliphatic heterocycles. The Morgan fingerprint density at radius 3 is 2.46 bits per heavy atom. The molecule has 0 bridgehead atoms. The highest BCUT2D eigenvalue weighted by Crippen LogP contribution is 2.38. The Morgan fingerprint density at radius 2 is 1.71 bits per heavy atom. The molecule has 0 aliphatic carbocycles. The molecular formula is C23H29N5. The van der Waals surface area contributed by atoms with Crippen molar-refractivity contribution >= 4 is 0 Å². The van der Waals surface area contributed by atoms with Crippen LogP contribution in [-0.2, 0) is 6.54 Å². The number of nitrogens with one attached hydrogen (secondary N) is 2. The first-order chi connectivity index (χ1) is 13.9. The summed E-state index contributed by atoms with van der Waals surface area (Å²) in [5.74, 6) is 0.314. The van der Waals surface area contributed by atoms with Gasteiger partial charge >= 0.3 is 0 Å². The second kappa shape index (κ2) is 9.15. The highest BCUT2D eigenvalue weighted by atomic mass is 15.4. The van der Waals surface area contributed by atoms with Crippen LogP contribution in [0, 0.1) is 0 Å². The largest absolute Gasteiger partial charge is 0.334 e. The van der Waals surface area contributed by atoms with Crippen molar-refractivity contribution in [2.75, 3.05) is 13.1 Å². The fraction of sp³-hybridized carbons (Fsp3) is 0.348. The third-order valence-corrected chi connectivity index (χ3v) is 5.52. The fourth-order valence-electron chi connectivity index (χ4n) is 4.11. The van der Waals surface area contributed by atoms with Crippen LogP contribution in [0.2, 0.25) is 0 Å². The quantitative estimate of drug-likeness (QED) is 0.526. The van der Waals surface area contributed by atoms with Crippen LogP contribution in [0.15, 0.2) is 67.0 Å². The average molecular weight is 376 g/mol. The Morgan fingerprint density at radius 1 is 0.964 bits per heavy atom. The number of hydrogen-bond donors (Lipinski definition) is 3. The van der Waals surface area contributed by atoms with Gasteiger partial charge in [-0.25, -0.2) is 10.4 Å². The first-order valence-electron chi connectivity index (χ1n) is 10.2. The number of unbranched alkanes of at least 4 members (excludes halogenated alkanes) is 2. The molecule has 0 radical (unpaired) electrons. The van der Waals surface area contributed by atoms with Crippen LogP contribution in [-0.4, -0.2) is 22.6 Å². The van der Waals surface area contributed by atoms with Gasteiger partial charge in [-0.05, 0) is 24.9 Å². The predicted octanol–water partition coefficient (Wildman–Crippen LogP) is 3.61. The lowest BCUT2D eigenvalue weighted by atomic mass is 9.89. The number of nitrogens with zero attached hydrogens (tertiary/aromatic N) is 2. The summed E-state index contributed by atoms with van der Waals surface area (Å²) in [5.41, 5.74) is 17.4. The molecule has 1 fully saturated rings. The summed E-state index contributed by atoms with van der Waals surface area (Å²) in [4.78, 5) is 4.84. The van der Waals surface area contributed by atoms with Crippen LogP contribution in [0.1, 0.15) is 42.5 Å². The molecule has 4 rings (SSSR count). The molecule has 2 aromatic carbocycles. The summed E-state index contributed by atoms with van der Waals surface area (Å²) >= 11 is 0. The second-order valence-electron chi connectivity index (χ2n) is 7.41. The third kappa shape index (κ3) is 4.02. The van der Waals surface area contributed by atoms with Crippen molar-refractivity contribution < 1.29 is 0 Å². The van der Waals surface area contributed by atoms with Gasteiger partial charge in [0, 0.05) is 24.6 Å². The normalized spacial score (nSPS) is 19.2. The standard InChI is InChI=1S/C23H29N5/c24-14-8-3-9-15-28-17-25-22(19-12-6-2-7-13-19)23(28)20-16-26-27-21(20)18-10-4-1-5-11-18/h1-2,4-7,10-13,17,20-21,26-27H,3,8-9,14-16,24H2. The zero-order chi connectivity index (χ0) is 19.2. The summed E-state index contributed by atoms with van der Waals surface area (Å²) in [7, 11) is 0. The van der Waals surface area contributed by atoms with Gasteiger partial charge in [0.2, 0.25) is 0 Å². The molecule has 3 aromatic rings. The molecule has 28 heavy (non-hydrogen) atoms.